The van der Waals surface area contributed by atoms with Gasteiger partial charge in [-0.3, -0.25) is 0 Å². The van der Waals surface area contributed by atoms with Crippen molar-refractivity contribution in [1.29, 1.82) is 0 Å². The highest BCUT2D eigenvalue weighted by molar-refractivity contribution is 7.92. The Morgan fingerprint density at radius 1 is 1.10 bits per heavy atom. The van der Waals surface area contributed by atoms with Gasteiger partial charge in [0.05, 0.1) is 5.02 Å². The van der Waals surface area contributed by atoms with E-state index in [9.17, 15) is 8.42 Å². The lowest BCUT2D eigenvalue weighted by Gasteiger charge is -2.11. The molecule has 0 amide bonds. The first-order valence-corrected chi connectivity index (χ1v) is 7.96. The van der Waals surface area contributed by atoms with Crippen LogP contribution in [0.1, 0.15) is 17.0 Å². The van der Waals surface area contributed by atoms with Crippen LogP contribution in [0.2, 0.25) is 5.02 Å². The van der Waals surface area contributed by atoms with Crippen LogP contribution in [-0.2, 0) is 10.0 Å². The Hall–Kier alpha value is -1.86. The van der Waals surface area contributed by atoms with E-state index in [1.165, 1.54) is 12.1 Å². The van der Waals surface area contributed by atoms with E-state index in [0.717, 1.165) is 0 Å². The van der Waals surface area contributed by atoms with E-state index in [4.69, 9.17) is 17.3 Å². The van der Waals surface area contributed by atoms with Crippen molar-refractivity contribution in [3.63, 3.8) is 0 Å². The zero-order valence-electron chi connectivity index (χ0n) is 11.8. The molecule has 112 valence electrons. The Morgan fingerprint density at radius 2 is 1.67 bits per heavy atom. The first kappa shape index (κ1) is 15.5. The van der Waals surface area contributed by atoms with Gasteiger partial charge in [-0.25, -0.2) is 23.1 Å². The number of benzene rings is 1. The first-order valence-electron chi connectivity index (χ1n) is 6.10. The van der Waals surface area contributed by atoms with Gasteiger partial charge in [0.25, 0.3) is 10.0 Å². The van der Waals surface area contributed by atoms with Crippen molar-refractivity contribution in [2.24, 2.45) is 0 Å². The highest BCUT2D eigenvalue weighted by Crippen LogP contribution is 2.27. The fourth-order valence-electron chi connectivity index (χ4n) is 1.82. The summed E-state index contributed by atoms with van der Waals surface area (Å²) in [5.74, 6) is 0.00251. The van der Waals surface area contributed by atoms with Gasteiger partial charge < -0.3 is 5.73 Å². The van der Waals surface area contributed by atoms with E-state index >= 15 is 0 Å². The number of nitrogens with zero attached hydrogens (tertiary/aromatic N) is 2. The Labute approximate surface area is 128 Å². The second-order valence-corrected chi connectivity index (χ2v) is 6.78. The van der Waals surface area contributed by atoms with E-state index in [1.54, 1.807) is 26.8 Å². The van der Waals surface area contributed by atoms with E-state index < -0.39 is 10.0 Å². The summed E-state index contributed by atoms with van der Waals surface area (Å²) >= 11 is 6.00. The number of halogens is 1. The summed E-state index contributed by atoms with van der Waals surface area (Å²) in [4.78, 5) is 7.98. The first-order chi connectivity index (χ1) is 9.69. The van der Waals surface area contributed by atoms with Gasteiger partial charge >= 0.3 is 0 Å². The topological polar surface area (TPSA) is 98.0 Å². The fourth-order valence-corrected chi connectivity index (χ4v) is 3.38. The second-order valence-electron chi connectivity index (χ2n) is 4.72. The molecule has 2 aromatic rings. The van der Waals surface area contributed by atoms with Gasteiger partial charge in [-0.1, -0.05) is 11.6 Å². The molecule has 0 radical (unpaired) electrons. The number of nitrogens with one attached hydrogen (secondary N) is 1. The highest BCUT2D eigenvalue weighted by Gasteiger charge is 2.20. The maximum atomic E-state index is 12.4. The highest BCUT2D eigenvalue weighted by atomic mass is 35.5. The molecule has 0 aliphatic carbocycles. The molecule has 0 saturated carbocycles. The monoisotopic (exact) mass is 326 g/mol. The molecular weight excluding hydrogens is 312 g/mol. The smallest absolute Gasteiger partial charge is 0.265 e. The molecule has 0 spiro atoms. The fraction of sp³-hybridized carbons (Fsp3) is 0.231. The number of hydrogen-bond acceptors (Lipinski definition) is 5. The predicted octanol–water partition coefficient (Wildman–Crippen LogP) is 2.44. The summed E-state index contributed by atoms with van der Waals surface area (Å²) in [5.41, 5.74) is 8.13. The van der Waals surface area contributed by atoms with Crippen molar-refractivity contribution >= 4 is 33.3 Å². The number of anilines is 2. The Kier molecular flexibility index (Phi) is 4.06. The number of hydrogen-bond donors (Lipinski definition) is 2. The molecule has 2 rings (SSSR count). The van der Waals surface area contributed by atoms with Gasteiger partial charge in [-0.05, 0) is 44.5 Å². The quantitative estimate of drug-likeness (QED) is 0.844. The van der Waals surface area contributed by atoms with Crippen LogP contribution in [0.4, 0.5) is 11.6 Å². The molecule has 0 unspecified atom stereocenters. The molecule has 0 aliphatic rings. The maximum absolute atomic E-state index is 12.4. The summed E-state index contributed by atoms with van der Waals surface area (Å²) in [6, 6.07) is 4.57. The minimum Gasteiger partial charge on any atom is -0.398 e. The zero-order valence-corrected chi connectivity index (χ0v) is 13.4. The van der Waals surface area contributed by atoms with Gasteiger partial charge in [-0.2, -0.15) is 0 Å². The Bertz CT molecular complexity index is 786. The average Bonchev–Trinajstić information content (AvgIpc) is 2.31. The minimum absolute atomic E-state index is 0.00251. The van der Waals surface area contributed by atoms with Crippen LogP contribution in [0, 0.1) is 20.8 Å². The van der Waals surface area contributed by atoms with Crippen LogP contribution in [0.3, 0.4) is 0 Å². The van der Waals surface area contributed by atoms with Crippen LogP contribution < -0.4 is 10.5 Å². The van der Waals surface area contributed by atoms with E-state index in [1.807, 2.05) is 0 Å². The summed E-state index contributed by atoms with van der Waals surface area (Å²) in [6.07, 6.45) is 0. The van der Waals surface area contributed by atoms with Gasteiger partial charge in [-0.15, -0.1) is 0 Å². The molecule has 0 saturated heterocycles. The van der Waals surface area contributed by atoms with Crippen molar-refractivity contribution < 1.29 is 8.42 Å². The average molecular weight is 327 g/mol. The van der Waals surface area contributed by atoms with Crippen molar-refractivity contribution in [2.45, 2.75) is 25.7 Å². The Morgan fingerprint density at radius 3 is 2.24 bits per heavy atom. The third kappa shape index (κ3) is 3.43. The summed E-state index contributed by atoms with van der Waals surface area (Å²) < 4.78 is 27.1. The van der Waals surface area contributed by atoms with Crippen LogP contribution in [0.5, 0.6) is 0 Å². The molecule has 21 heavy (non-hydrogen) atoms. The minimum atomic E-state index is -3.90. The molecule has 6 nitrogen and oxygen atoms in total. The lowest BCUT2D eigenvalue weighted by Crippen LogP contribution is -2.16. The van der Waals surface area contributed by atoms with Gasteiger partial charge in [0, 0.05) is 17.1 Å². The predicted molar refractivity (Wildman–Crippen MR) is 82.9 cm³/mol. The second kappa shape index (κ2) is 5.50. The summed E-state index contributed by atoms with van der Waals surface area (Å²) in [6.45, 7) is 5.25. The molecule has 1 heterocycles. The normalized spacial score (nSPS) is 11.4. The van der Waals surface area contributed by atoms with Crippen molar-refractivity contribution in [3.05, 3.63) is 40.2 Å². The number of rotatable bonds is 3. The van der Waals surface area contributed by atoms with Gasteiger partial charge in [0.1, 0.15) is 4.90 Å². The molecule has 0 bridgehead atoms. The van der Waals surface area contributed by atoms with Crippen molar-refractivity contribution in [1.82, 2.24) is 9.97 Å². The van der Waals surface area contributed by atoms with E-state index in [0.29, 0.717) is 22.6 Å². The zero-order chi connectivity index (χ0) is 15.8. The van der Waals surface area contributed by atoms with Crippen molar-refractivity contribution in [2.75, 3.05) is 10.5 Å². The third-order valence-electron chi connectivity index (χ3n) is 2.82. The van der Waals surface area contributed by atoms with Crippen LogP contribution in [-0.4, -0.2) is 18.4 Å². The Balaban J connectivity index is 2.45. The molecule has 3 N–H and O–H groups in total. The number of aromatic nitrogens is 2. The molecule has 1 aromatic carbocycles. The van der Waals surface area contributed by atoms with E-state index in [2.05, 4.69) is 14.7 Å². The molecule has 0 fully saturated rings. The van der Waals surface area contributed by atoms with Crippen LogP contribution in [0.15, 0.2) is 23.1 Å². The molecule has 8 heteroatoms. The molecule has 0 aliphatic heterocycles. The number of nitrogens with two attached hydrogens (primary N) is 1. The standard InChI is InChI=1S/C13H15ClN4O2S/c1-7-4-10(14)12(6-11(7)15)21(19,20)18-13-16-8(2)5-9(3)17-13/h4-6H,15H2,1-3H3,(H,16,17,18). The van der Waals surface area contributed by atoms with Crippen molar-refractivity contribution in [3.8, 4) is 0 Å². The van der Waals surface area contributed by atoms with Crippen LogP contribution >= 0.6 is 11.6 Å². The molecule has 1 aromatic heterocycles. The number of nitrogen functional groups attached to an aromatic ring is 1. The third-order valence-corrected chi connectivity index (χ3v) is 4.61. The lowest BCUT2D eigenvalue weighted by atomic mass is 10.2. The molecular formula is C13H15ClN4O2S. The van der Waals surface area contributed by atoms with Gasteiger partial charge in [0.2, 0.25) is 5.95 Å². The number of sulfonamides is 1. The van der Waals surface area contributed by atoms with E-state index in [-0.39, 0.29) is 15.9 Å². The number of aryl methyl sites for hydroxylation is 3. The summed E-state index contributed by atoms with van der Waals surface area (Å²) in [5, 5.41) is 0.0959. The van der Waals surface area contributed by atoms with Crippen LogP contribution in [0.25, 0.3) is 0 Å². The molecule has 0 atom stereocenters. The largest absolute Gasteiger partial charge is 0.398 e. The van der Waals surface area contributed by atoms with Gasteiger partial charge in [0.15, 0.2) is 0 Å². The maximum Gasteiger partial charge on any atom is 0.265 e. The summed E-state index contributed by atoms with van der Waals surface area (Å²) in [7, 11) is -3.90. The lowest BCUT2D eigenvalue weighted by molar-refractivity contribution is 0.601. The SMILES string of the molecule is Cc1cc(C)nc(NS(=O)(=O)c2cc(N)c(C)cc2Cl)n1.